The summed E-state index contributed by atoms with van der Waals surface area (Å²) in [5.41, 5.74) is 5.22. The van der Waals surface area contributed by atoms with E-state index >= 15 is 0 Å². The average Bonchev–Trinajstić information content (AvgIpc) is 2.03. The van der Waals surface area contributed by atoms with Crippen LogP contribution in [0.5, 0.6) is 0 Å². The summed E-state index contributed by atoms with van der Waals surface area (Å²) in [6.07, 6.45) is 0.449. The molecule has 68 valence electrons. The molecule has 0 rings (SSSR count). The summed E-state index contributed by atoms with van der Waals surface area (Å²) in [5, 5.41) is 0. The molecule has 0 aliphatic rings. The molecule has 0 atom stereocenters. The Balaban J connectivity index is 0. The fourth-order valence-electron chi connectivity index (χ4n) is 0.482. The van der Waals surface area contributed by atoms with Crippen LogP contribution in [0.25, 0.3) is 0 Å². The first-order valence-electron chi connectivity index (χ1n) is 3.80. The van der Waals surface area contributed by atoms with E-state index < -0.39 is 0 Å². The van der Waals surface area contributed by atoms with Crippen LogP contribution in [0.1, 0.15) is 14.8 Å². The highest BCUT2D eigenvalue weighted by Gasteiger charge is 2.05. The molecule has 0 unspecified atom stereocenters. The van der Waals surface area contributed by atoms with Gasteiger partial charge in [0.25, 0.3) is 0 Å². The smallest absolute Gasteiger partial charge is 0.409 e. The molecular weight excluding hydrogens is 144 g/mol. The molecule has 0 radical (unpaired) electrons. The third-order valence-corrected chi connectivity index (χ3v) is 1.36. The number of nitrogens with zero attached hydrogens (tertiary/aromatic N) is 1. The standard InChI is InChI=1S/C7H16N2O2.H2/c1-3-9(2)7(10)11-6-4-5-8;/h3-6,8H2,1-2H3;1H. The first-order valence-corrected chi connectivity index (χ1v) is 3.80. The normalized spacial score (nSPS) is 9.36. The van der Waals surface area contributed by atoms with Gasteiger partial charge in [-0.05, 0) is 19.9 Å². The van der Waals surface area contributed by atoms with Crippen LogP contribution in [-0.4, -0.2) is 37.7 Å². The van der Waals surface area contributed by atoms with Crippen molar-refractivity contribution in [2.75, 3.05) is 26.7 Å². The van der Waals surface area contributed by atoms with E-state index in [4.69, 9.17) is 10.5 Å². The highest BCUT2D eigenvalue weighted by Crippen LogP contribution is 1.89. The summed E-state index contributed by atoms with van der Waals surface area (Å²) < 4.78 is 4.84. The van der Waals surface area contributed by atoms with Crippen molar-refractivity contribution in [1.29, 1.82) is 0 Å². The van der Waals surface area contributed by atoms with Crippen molar-refractivity contribution >= 4 is 6.09 Å². The van der Waals surface area contributed by atoms with Gasteiger partial charge in [-0.25, -0.2) is 4.79 Å². The van der Waals surface area contributed by atoms with Gasteiger partial charge in [-0.2, -0.15) is 0 Å². The molecule has 0 aromatic rings. The van der Waals surface area contributed by atoms with E-state index in [1.807, 2.05) is 6.92 Å². The Morgan fingerprint density at radius 1 is 1.73 bits per heavy atom. The second kappa shape index (κ2) is 5.97. The van der Waals surface area contributed by atoms with Gasteiger partial charge in [-0.3, -0.25) is 0 Å². The molecule has 0 aliphatic carbocycles. The first kappa shape index (κ1) is 10.2. The Morgan fingerprint density at radius 2 is 2.36 bits per heavy atom. The monoisotopic (exact) mass is 162 g/mol. The highest BCUT2D eigenvalue weighted by molar-refractivity contribution is 5.67. The Morgan fingerprint density at radius 3 is 2.82 bits per heavy atom. The van der Waals surface area contributed by atoms with Gasteiger partial charge in [-0.1, -0.05) is 0 Å². The Bertz CT molecular complexity index is 122. The fraction of sp³-hybridized carbons (Fsp3) is 0.857. The third-order valence-electron chi connectivity index (χ3n) is 1.36. The lowest BCUT2D eigenvalue weighted by Crippen LogP contribution is -2.27. The molecule has 0 aromatic heterocycles. The minimum Gasteiger partial charge on any atom is -0.449 e. The molecular formula is C7H18N2O2. The maximum absolute atomic E-state index is 10.9. The van der Waals surface area contributed by atoms with Crippen molar-refractivity contribution in [3.63, 3.8) is 0 Å². The third kappa shape index (κ3) is 4.61. The summed E-state index contributed by atoms with van der Waals surface area (Å²) in [6.45, 7) is 3.54. The molecule has 0 aromatic carbocycles. The molecule has 0 spiro atoms. The van der Waals surface area contributed by atoms with Gasteiger partial charge in [0.05, 0.1) is 6.61 Å². The highest BCUT2D eigenvalue weighted by atomic mass is 16.6. The van der Waals surface area contributed by atoms with Crippen LogP contribution in [0, 0.1) is 0 Å². The Labute approximate surface area is 68.8 Å². The summed E-state index contributed by atoms with van der Waals surface area (Å²) in [6, 6.07) is 0. The fourth-order valence-corrected chi connectivity index (χ4v) is 0.482. The first-order chi connectivity index (χ1) is 5.22. The molecule has 0 saturated heterocycles. The van der Waals surface area contributed by atoms with Crippen LogP contribution in [-0.2, 0) is 4.74 Å². The van der Waals surface area contributed by atoms with E-state index in [0.29, 0.717) is 19.7 Å². The predicted molar refractivity (Wildman–Crippen MR) is 45.4 cm³/mol. The van der Waals surface area contributed by atoms with Gasteiger partial charge in [0.15, 0.2) is 0 Å². The van der Waals surface area contributed by atoms with Gasteiger partial charge < -0.3 is 15.4 Å². The molecule has 0 saturated carbocycles. The quantitative estimate of drug-likeness (QED) is 0.618. The van der Waals surface area contributed by atoms with Gasteiger partial charge in [0.2, 0.25) is 0 Å². The summed E-state index contributed by atoms with van der Waals surface area (Å²) >= 11 is 0. The number of hydrogen-bond donors (Lipinski definition) is 1. The summed E-state index contributed by atoms with van der Waals surface area (Å²) in [5.74, 6) is 0. The zero-order valence-electron chi connectivity index (χ0n) is 7.17. The van der Waals surface area contributed by atoms with Crippen molar-refractivity contribution in [3.8, 4) is 0 Å². The van der Waals surface area contributed by atoms with Crippen molar-refractivity contribution in [1.82, 2.24) is 4.90 Å². The van der Waals surface area contributed by atoms with Crippen LogP contribution < -0.4 is 5.73 Å². The van der Waals surface area contributed by atoms with Gasteiger partial charge >= 0.3 is 6.09 Å². The van der Waals surface area contributed by atoms with Crippen molar-refractivity contribution < 1.29 is 11.0 Å². The molecule has 0 fully saturated rings. The second-order valence-electron chi connectivity index (χ2n) is 2.27. The van der Waals surface area contributed by atoms with Crippen molar-refractivity contribution in [3.05, 3.63) is 0 Å². The molecule has 1 amide bonds. The minimum atomic E-state index is -0.277. The van der Waals surface area contributed by atoms with E-state index in [1.165, 1.54) is 4.90 Å². The van der Waals surface area contributed by atoms with E-state index in [9.17, 15) is 4.79 Å². The number of ether oxygens (including phenoxy) is 1. The maximum atomic E-state index is 10.9. The molecule has 2 N–H and O–H groups in total. The molecule has 11 heavy (non-hydrogen) atoms. The van der Waals surface area contributed by atoms with Crippen LogP contribution in [0.4, 0.5) is 4.79 Å². The summed E-state index contributed by atoms with van der Waals surface area (Å²) in [7, 11) is 1.70. The number of nitrogens with two attached hydrogens (primary N) is 1. The Kier molecular flexibility index (Phi) is 5.56. The number of amides is 1. The van der Waals surface area contributed by atoms with Crippen LogP contribution in [0.3, 0.4) is 0 Å². The van der Waals surface area contributed by atoms with E-state index in [2.05, 4.69) is 0 Å². The number of rotatable bonds is 4. The maximum Gasteiger partial charge on any atom is 0.409 e. The lowest BCUT2D eigenvalue weighted by atomic mass is 10.5. The topological polar surface area (TPSA) is 55.6 Å². The van der Waals surface area contributed by atoms with Crippen molar-refractivity contribution in [2.45, 2.75) is 13.3 Å². The minimum absolute atomic E-state index is 0. The molecule has 4 heteroatoms. The van der Waals surface area contributed by atoms with Crippen LogP contribution in [0.15, 0.2) is 0 Å². The van der Waals surface area contributed by atoms with Crippen molar-refractivity contribution in [2.24, 2.45) is 5.73 Å². The van der Waals surface area contributed by atoms with E-state index in [-0.39, 0.29) is 7.52 Å². The molecule has 4 nitrogen and oxygen atoms in total. The molecule has 0 aliphatic heterocycles. The Hall–Kier alpha value is -0.770. The predicted octanol–water partition coefficient (Wildman–Crippen LogP) is 0.670. The average molecular weight is 162 g/mol. The van der Waals surface area contributed by atoms with Gasteiger partial charge in [-0.15, -0.1) is 0 Å². The number of hydrogen-bond acceptors (Lipinski definition) is 3. The molecule has 0 heterocycles. The SMILES string of the molecule is CCN(C)C(=O)OCCCN.[HH]. The van der Waals surface area contributed by atoms with Crippen LogP contribution in [0.2, 0.25) is 0 Å². The lowest BCUT2D eigenvalue weighted by Gasteiger charge is -2.13. The van der Waals surface area contributed by atoms with Gasteiger partial charge in [0.1, 0.15) is 0 Å². The summed E-state index contributed by atoms with van der Waals surface area (Å²) in [4.78, 5) is 12.4. The largest absolute Gasteiger partial charge is 0.449 e. The second-order valence-corrected chi connectivity index (χ2v) is 2.27. The van der Waals surface area contributed by atoms with E-state index in [1.54, 1.807) is 7.05 Å². The number of carbonyl (C=O) groups is 1. The zero-order chi connectivity index (χ0) is 8.69. The van der Waals surface area contributed by atoms with Crippen LogP contribution >= 0.6 is 0 Å². The molecule has 0 bridgehead atoms. The number of carbonyl (C=O) groups excluding carboxylic acids is 1. The van der Waals surface area contributed by atoms with Gasteiger partial charge in [0, 0.05) is 15.0 Å². The zero-order valence-corrected chi connectivity index (χ0v) is 7.17. The lowest BCUT2D eigenvalue weighted by molar-refractivity contribution is 0.112. The van der Waals surface area contributed by atoms with E-state index in [0.717, 1.165) is 6.42 Å².